The molecule has 0 radical (unpaired) electrons. The zero-order valence-corrected chi connectivity index (χ0v) is 16.1. The van der Waals surface area contributed by atoms with E-state index in [1.807, 2.05) is 30.0 Å². The van der Waals surface area contributed by atoms with Crippen LogP contribution in [0, 0.1) is 5.92 Å². The highest BCUT2D eigenvalue weighted by Gasteiger charge is 2.10. The number of hydrogen-bond donors (Lipinski definition) is 1. The first-order valence-corrected chi connectivity index (χ1v) is 10.3. The first-order valence-electron chi connectivity index (χ1n) is 9.28. The summed E-state index contributed by atoms with van der Waals surface area (Å²) >= 11 is 1.81. The summed E-state index contributed by atoms with van der Waals surface area (Å²) < 4.78 is 0. The van der Waals surface area contributed by atoms with Crippen molar-refractivity contribution in [2.24, 2.45) is 5.92 Å². The van der Waals surface area contributed by atoms with Gasteiger partial charge in [-0.3, -0.25) is 4.79 Å². The maximum atomic E-state index is 12.3. The van der Waals surface area contributed by atoms with E-state index in [-0.39, 0.29) is 5.91 Å². The lowest BCUT2D eigenvalue weighted by Crippen LogP contribution is -2.29. The molecule has 0 fully saturated rings. The predicted molar refractivity (Wildman–Crippen MR) is 108 cm³/mol. The highest BCUT2D eigenvalue weighted by atomic mass is 32.2. The van der Waals surface area contributed by atoms with Crippen molar-refractivity contribution in [2.45, 2.75) is 50.2 Å². The van der Waals surface area contributed by atoms with Crippen molar-refractivity contribution in [3.8, 4) is 0 Å². The van der Waals surface area contributed by atoms with Crippen molar-refractivity contribution in [1.29, 1.82) is 0 Å². The minimum Gasteiger partial charge on any atom is -0.352 e. The molecule has 0 saturated heterocycles. The Labute approximate surface area is 156 Å². The van der Waals surface area contributed by atoms with Crippen molar-refractivity contribution in [3.63, 3.8) is 0 Å². The Hall–Kier alpha value is -1.74. The number of carbonyl (C=O) groups excluding carboxylic acids is 1. The van der Waals surface area contributed by atoms with Gasteiger partial charge in [0, 0.05) is 22.8 Å². The maximum absolute atomic E-state index is 12.3. The van der Waals surface area contributed by atoms with Crippen LogP contribution in [0.4, 0.5) is 0 Å². The quantitative estimate of drug-likeness (QED) is 0.536. The Morgan fingerprint density at radius 3 is 2.40 bits per heavy atom. The predicted octanol–water partition coefficient (Wildman–Crippen LogP) is 5.93. The summed E-state index contributed by atoms with van der Waals surface area (Å²) in [5, 5.41) is 3.09. The van der Waals surface area contributed by atoms with Gasteiger partial charge < -0.3 is 5.32 Å². The number of unbranched alkanes of at least 4 members (excludes halogenated alkanes) is 1. The van der Waals surface area contributed by atoms with E-state index in [2.05, 4.69) is 55.6 Å². The minimum atomic E-state index is 0.0391. The van der Waals surface area contributed by atoms with Gasteiger partial charge in [-0.25, -0.2) is 0 Å². The third kappa shape index (κ3) is 6.95. The number of hydrogen-bond acceptors (Lipinski definition) is 2. The first kappa shape index (κ1) is 19.6. The molecule has 1 atom stereocenters. The molecular formula is C22H29NOS. The summed E-state index contributed by atoms with van der Waals surface area (Å²) in [6.45, 7) is 5.19. The van der Waals surface area contributed by atoms with Gasteiger partial charge in [-0.15, -0.1) is 11.8 Å². The maximum Gasteiger partial charge on any atom is 0.251 e. The van der Waals surface area contributed by atoms with E-state index < -0.39 is 0 Å². The van der Waals surface area contributed by atoms with E-state index in [0.29, 0.717) is 5.92 Å². The van der Waals surface area contributed by atoms with Crippen molar-refractivity contribution >= 4 is 17.7 Å². The number of rotatable bonds is 10. The number of amides is 1. The number of thioether (sulfide) groups is 1. The molecule has 0 aliphatic carbocycles. The van der Waals surface area contributed by atoms with E-state index in [1.165, 1.54) is 29.7 Å². The molecule has 0 bridgehead atoms. The summed E-state index contributed by atoms with van der Waals surface area (Å²) in [7, 11) is 0. The fourth-order valence-corrected chi connectivity index (χ4v) is 3.59. The molecule has 0 spiro atoms. The largest absolute Gasteiger partial charge is 0.352 e. The van der Waals surface area contributed by atoms with Crippen LogP contribution in [0.5, 0.6) is 0 Å². The van der Waals surface area contributed by atoms with Crippen molar-refractivity contribution < 1.29 is 4.79 Å². The molecule has 2 rings (SSSR count). The lowest BCUT2D eigenvalue weighted by molar-refractivity contribution is 0.0946. The van der Waals surface area contributed by atoms with Crippen LogP contribution in [0.3, 0.4) is 0 Å². The SMILES string of the molecule is CCCCC(CC)CNC(=O)c1ccc(CSc2ccccc2)cc1. The fraction of sp³-hybridized carbons (Fsp3) is 0.409. The van der Waals surface area contributed by atoms with Gasteiger partial charge in [-0.05, 0) is 42.2 Å². The van der Waals surface area contributed by atoms with Gasteiger partial charge in [0.2, 0.25) is 0 Å². The topological polar surface area (TPSA) is 29.1 Å². The van der Waals surface area contributed by atoms with Crippen molar-refractivity contribution in [2.75, 3.05) is 6.54 Å². The molecule has 1 unspecified atom stereocenters. The van der Waals surface area contributed by atoms with Crippen LogP contribution in [-0.2, 0) is 5.75 Å². The molecule has 2 nitrogen and oxygen atoms in total. The zero-order valence-electron chi connectivity index (χ0n) is 15.3. The van der Waals surface area contributed by atoms with Gasteiger partial charge >= 0.3 is 0 Å². The molecular weight excluding hydrogens is 326 g/mol. The Bertz CT molecular complexity index is 624. The van der Waals surface area contributed by atoms with Crippen molar-refractivity contribution in [1.82, 2.24) is 5.32 Å². The highest BCUT2D eigenvalue weighted by Crippen LogP contribution is 2.22. The molecule has 134 valence electrons. The summed E-state index contributed by atoms with van der Waals surface area (Å²) in [6.07, 6.45) is 4.77. The monoisotopic (exact) mass is 355 g/mol. The average molecular weight is 356 g/mol. The minimum absolute atomic E-state index is 0.0391. The Kier molecular flexibility index (Phi) is 8.61. The smallest absolute Gasteiger partial charge is 0.251 e. The molecule has 3 heteroatoms. The van der Waals surface area contributed by atoms with Crippen LogP contribution in [0.15, 0.2) is 59.5 Å². The van der Waals surface area contributed by atoms with Crippen LogP contribution < -0.4 is 5.32 Å². The standard InChI is InChI=1S/C22H29NOS/c1-3-5-9-18(4-2)16-23-22(24)20-14-12-19(13-15-20)17-25-21-10-7-6-8-11-21/h6-8,10-15,18H,3-5,9,16-17H2,1-2H3,(H,23,24). The van der Waals surface area contributed by atoms with Gasteiger partial charge in [-0.2, -0.15) is 0 Å². The third-order valence-corrected chi connectivity index (χ3v) is 5.54. The number of benzene rings is 2. The molecule has 0 heterocycles. The molecule has 1 N–H and O–H groups in total. The molecule has 0 aliphatic heterocycles. The zero-order chi connectivity index (χ0) is 17.9. The lowest BCUT2D eigenvalue weighted by Gasteiger charge is -2.15. The average Bonchev–Trinajstić information content (AvgIpc) is 2.67. The second kappa shape index (κ2) is 11.0. The number of nitrogens with one attached hydrogen (secondary N) is 1. The molecule has 25 heavy (non-hydrogen) atoms. The van der Waals surface area contributed by atoms with Crippen molar-refractivity contribution in [3.05, 3.63) is 65.7 Å². The Morgan fingerprint density at radius 2 is 1.76 bits per heavy atom. The highest BCUT2D eigenvalue weighted by molar-refractivity contribution is 7.98. The van der Waals surface area contributed by atoms with E-state index in [9.17, 15) is 4.79 Å². The molecule has 0 aromatic heterocycles. The van der Waals surface area contributed by atoms with Gasteiger partial charge in [0.15, 0.2) is 0 Å². The molecule has 1 amide bonds. The summed E-state index contributed by atoms with van der Waals surface area (Å²) in [6, 6.07) is 18.4. The van der Waals surface area contributed by atoms with E-state index in [0.717, 1.165) is 24.3 Å². The van der Waals surface area contributed by atoms with Crippen LogP contribution in [-0.4, -0.2) is 12.5 Å². The summed E-state index contributed by atoms with van der Waals surface area (Å²) in [5.74, 6) is 1.54. The van der Waals surface area contributed by atoms with Gasteiger partial charge in [0.1, 0.15) is 0 Å². The third-order valence-electron chi connectivity index (χ3n) is 4.46. The normalized spacial score (nSPS) is 11.9. The Morgan fingerprint density at radius 1 is 1.04 bits per heavy atom. The van der Waals surface area contributed by atoms with Crippen LogP contribution in [0.2, 0.25) is 0 Å². The van der Waals surface area contributed by atoms with E-state index in [4.69, 9.17) is 0 Å². The van der Waals surface area contributed by atoms with Crippen LogP contribution in [0.25, 0.3) is 0 Å². The second-order valence-electron chi connectivity index (χ2n) is 6.43. The second-order valence-corrected chi connectivity index (χ2v) is 7.47. The van der Waals surface area contributed by atoms with E-state index >= 15 is 0 Å². The summed E-state index contributed by atoms with van der Waals surface area (Å²) in [5.41, 5.74) is 1.98. The summed E-state index contributed by atoms with van der Waals surface area (Å²) in [4.78, 5) is 13.6. The van der Waals surface area contributed by atoms with Gasteiger partial charge in [0.05, 0.1) is 0 Å². The first-order chi connectivity index (χ1) is 12.2. The molecule has 2 aromatic carbocycles. The van der Waals surface area contributed by atoms with Crippen LogP contribution in [0.1, 0.15) is 55.5 Å². The Balaban J connectivity index is 1.81. The van der Waals surface area contributed by atoms with Gasteiger partial charge in [0.25, 0.3) is 5.91 Å². The fourth-order valence-electron chi connectivity index (χ4n) is 2.72. The molecule has 2 aromatic rings. The molecule has 0 saturated carbocycles. The van der Waals surface area contributed by atoms with Gasteiger partial charge in [-0.1, -0.05) is 63.4 Å². The number of carbonyl (C=O) groups is 1. The van der Waals surface area contributed by atoms with Crippen LogP contribution >= 0.6 is 11.8 Å². The van der Waals surface area contributed by atoms with E-state index in [1.54, 1.807) is 0 Å². The lowest BCUT2D eigenvalue weighted by atomic mass is 9.99. The molecule has 0 aliphatic rings.